The molecule has 0 fully saturated rings. The smallest absolute Gasteiger partial charge is 0.228 e. The highest BCUT2D eigenvalue weighted by Gasteiger charge is 2.16. The molecule has 14 heteroatoms. The Labute approximate surface area is 272 Å². The van der Waals surface area contributed by atoms with Gasteiger partial charge in [-0.05, 0) is 54.1 Å². The van der Waals surface area contributed by atoms with Crippen LogP contribution in [0, 0.1) is 11.6 Å². The monoisotopic (exact) mass is 676 g/mol. The van der Waals surface area contributed by atoms with Crippen LogP contribution in [0.3, 0.4) is 0 Å². The number of anilines is 2. The number of nitrogens with zero attached hydrogens (tertiary/aromatic N) is 4. The van der Waals surface area contributed by atoms with E-state index in [1.165, 1.54) is 35.9 Å². The summed E-state index contributed by atoms with van der Waals surface area (Å²) in [6, 6.07) is 19.4. The van der Waals surface area contributed by atoms with Crippen molar-refractivity contribution >= 4 is 60.6 Å². The summed E-state index contributed by atoms with van der Waals surface area (Å²) in [5, 5.41) is 9.26. The standard InChI is InChI=1S/C32H23ClF2N6O3S2/c33-25-11-22(7-8-29(25)44-16-19-4-3-5-20(34)10-19)40-32-24-13-23(26(35)14-27(24)38-18-39-32)28-17-45-30(41-28)15-37-31(46(42)43)12-21-6-1-2-9-36-21/h1-11,13-14,17-18,37H,12,15-16H2,(H,38,39,40). The van der Waals surface area contributed by atoms with E-state index in [2.05, 4.69) is 30.6 Å². The Morgan fingerprint density at radius 2 is 1.87 bits per heavy atom. The largest absolute Gasteiger partial charge is 0.487 e. The molecule has 232 valence electrons. The van der Waals surface area contributed by atoms with Crippen LogP contribution in [0.4, 0.5) is 20.3 Å². The number of fused-ring (bicyclic) bond motifs is 1. The quantitative estimate of drug-likeness (QED) is 0.152. The number of pyridine rings is 1. The minimum Gasteiger partial charge on any atom is -0.487 e. The number of aromatic nitrogens is 4. The molecule has 0 saturated carbocycles. The van der Waals surface area contributed by atoms with Gasteiger partial charge in [0.05, 0.1) is 22.8 Å². The molecule has 0 saturated heterocycles. The lowest BCUT2D eigenvalue weighted by Crippen LogP contribution is -2.26. The molecule has 6 aromatic rings. The first-order valence-electron chi connectivity index (χ1n) is 13.7. The highest BCUT2D eigenvalue weighted by Crippen LogP contribution is 2.34. The van der Waals surface area contributed by atoms with E-state index in [-0.39, 0.29) is 35.9 Å². The molecule has 0 aliphatic carbocycles. The third kappa shape index (κ3) is 7.51. The van der Waals surface area contributed by atoms with E-state index in [1.54, 1.807) is 66.2 Å². The number of benzene rings is 3. The van der Waals surface area contributed by atoms with Crippen LogP contribution < -0.4 is 15.4 Å². The van der Waals surface area contributed by atoms with Crippen molar-refractivity contribution in [3.8, 4) is 17.0 Å². The SMILES string of the molecule is O=S(=O)=C(Cc1ccccn1)NCc1nc(-c2cc3c(Nc4ccc(OCc5cccc(F)c5)c(Cl)c4)ncnc3cc2F)cs1. The number of nitrogens with one attached hydrogen (secondary N) is 2. The van der Waals surface area contributed by atoms with Crippen molar-refractivity contribution in [2.45, 2.75) is 19.6 Å². The van der Waals surface area contributed by atoms with Gasteiger partial charge in [-0.25, -0.2) is 23.7 Å². The molecule has 0 amide bonds. The van der Waals surface area contributed by atoms with Crippen molar-refractivity contribution in [3.63, 3.8) is 0 Å². The van der Waals surface area contributed by atoms with Crippen molar-refractivity contribution in [2.24, 2.45) is 0 Å². The first kappa shape index (κ1) is 31.2. The van der Waals surface area contributed by atoms with Crippen molar-refractivity contribution in [2.75, 3.05) is 5.32 Å². The minimum atomic E-state index is -2.47. The van der Waals surface area contributed by atoms with Crippen LogP contribution in [0.25, 0.3) is 22.2 Å². The summed E-state index contributed by atoms with van der Waals surface area (Å²) in [4.78, 5) is 17.4. The third-order valence-electron chi connectivity index (χ3n) is 6.74. The fraction of sp³-hybridized carbons (Fsp3) is 0.0938. The fourth-order valence-corrected chi connectivity index (χ4v) is 5.96. The average Bonchev–Trinajstić information content (AvgIpc) is 3.51. The zero-order valence-electron chi connectivity index (χ0n) is 23.7. The van der Waals surface area contributed by atoms with Gasteiger partial charge in [0.1, 0.15) is 46.1 Å². The maximum absolute atomic E-state index is 15.3. The Morgan fingerprint density at radius 1 is 0.978 bits per heavy atom. The van der Waals surface area contributed by atoms with E-state index in [1.807, 2.05) is 0 Å². The summed E-state index contributed by atoms with van der Waals surface area (Å²) in [6.07, 6.45) is 3.03. The molecule has 0 aliphatic rings. The number of hydrogen-bond acceptors (Lipinski definition) is 9. The lowest BCUT2D eigenvalue weighted by atomic mass is 10.1. The summed E-state index contributed by atoms with van der Waals surface area (Å²) >= 11 is 7.74. The molecule has 3 heterocycles. The second-order valence-electron chi connectivity index (χ2n) is 9.90. The minimum absolute atomic E-state index is 0.0754. The van der Waals surface area contributed by atoms with E-state index < -0.39 is 16.1 Å². The third-order valence-corrected chi connectivity index (χ3v) is 8.57. The van der Waals surface area contributed by atoms with Gasteiger partial charge in [0, 0.05) is 46.4 Å². The molecule has 0 bridgehead atoms. The zero-order chi connectivity index (χ0) is 32.0. The van der Waals surface area contributed by atoms with Crippen LogP contribution in [0.5, 0.6) is 5.75 Å². The van der Waals surface area contributed by atoms with Crippen LogP contribution in [0.1, 0.15) is 16.3 Å². The predicted octanol–water partition coefficient (Wildman–Crippen LogP) is 6.74. The van der Waals surface area contributed by atoms with E-state index in [4.69, 9.17) is 16.3 Å². The van der Waals surface area contributed by atoms with Crippen LogP contribution in [0.15, 0.2) is 90.7 Å². The summed E-state index contributed by atoms with van der Waals surface area (Å²) in [5.41, 5.74) is 2.87. The zero-order valence-corrected chi connectivity index (χ0v) is 26.1. The number of halogens is 3. The van der Waals surface area contributed by atoms with Gasteiger partial charge in [0.2, 0.25) is 10.3 Å². The maximum Gasteiger partial charge on any atom is 0.228 e. The van der Waals surface area contributed by atoms with E-state index >= 15 is 4.39 Å². The van der Waals surface area contributed by atoms with Crippen molar-refractivity contribution in [3.05, 3.63) is 124 Å². The van der Waals surface area contributed by atoms with Crippen molar-refractivity contribution < 1.29 is 21.9 Å². The van der Waals surface area contributed by atoms with Crippen LogP contribution in [0.2, 0.25) is 5.02 Å². The molecule has 3 aromatic carbocycles. The second-order valence-corrected chi connectivity index (χ2v) is 12.2. The number of ether oxygens (including phenoxy) is 1. The Hall–Kier alpha value is -4.82. The van der Waals surface area contributed by atoms with Gasteiger partial charge >= 0.3 is 0 Å². The Bertz CT molecular complexity index is 2170. The van der Waals surface area contributed by atoms with Gasteiger partial charge in [-0.15, -0.1) is 11.3 Å². The maximum atomic E-state index is 15.3. The molecule has 0 atom stereocenters. The van der Waals surface area contributed by atoms with Gasteiger partial charge in [0.15, 0.2) is 0 Å². The van der Waals surface area contributed by atoms with Gasteiger partial charge in [0.25, 0.3) is 0 Å². The van der Waals surface area contributed by atoms with E-state index in [0.717, 1.165) is 0 Å². The summed E-state index contributed by atoms with van der Waals surface area (Å²) in [5.74, 6) is -0.0315. The first-order valence-corrected chi connectivity index (χ1v) is 16.1. The second kappa shape index (κ2) is 14.1. The molecular formula is C32H23ClF2N6O3S2. The molecule has 0 unspecified atom stereocenters. The molecule has 2 N–H and O–H groups in total. The Balaban J connectivity index is 1.18. The number of thiazole rings is 1. The molecule has 0 radical (unpaired) electrons. The number of rotatable bonds is 10. The normalized spacial score (nSPS) is 11.0. The molecule has 0 spiro atoms. The van der Waals surface area contributed by atoms with Crippen molar-refractivity contribution in [1.29, 1.82) is 0 Å². The van der Waals surface area contributed by atoms with Gasteiger partial charge in [-0.3, -0.25) is 10.3 Å². The van der Waals surface area contributed by atoms with Gasteiger partial charge in [-0.2, -0.15) is 8.42 Å². The van der Waals surface area contributed by atoms with Crippen molar-refractivity contribution in [1.82, 2.24) is 25.3 Å². The lowest BCUT2D eigenvalue weighted by molar-refractivity contribution is 0.306. The van der Waals surface area contributed by atoms with Gasteiger partial charge < -0.3 is 10.1 Å². The lowest BCUT2D eigenvalue weighted by Gasteiger charge is -2.12. The Morgan fingerprint density at radius 3 is 2.65 bits per heavy atom. The Kier molecular flexibility index (Phi) is 9.54. The molecule has 9 nitrogen and oxygen atoms in total. The van der Waals surface area contributed by atoms with E-state index in [9.17, 15) is 12.8 Å². The molecule has 0 aliphatic heterocycles. The van der Waals surface area contributed by atoms with Crippen LogP contribution in [-0.2, 0) is 29.9 Å². The van der Waals surface area contributed by atoms with Crippen LogP contribution in [-0.4, -0.2) is 33.3 Å². The highest BCUT2D eigenvalue weighted by atomic mass is 35.5. The predicted molar refractivity (Wildman–Crippen MR) is 175 cm³/mol. The average molecular weight is 677 g/mol. The molecular weight excluding hydrogens is 654 g/mol. The molecule has 3 aromatic heterocycles. The van der Waals surface area contributed by atoms with Gasteiger partial charge in [-0.1, -0.05) is 29.8 Å². The topological polar surface area (TPSA) is 119 Å². The summed E-state index contributed by atoms with van der Waals surface area (Å²) in [6.45, 7) is 0.279. The first-order chi connectivity index (χ1) is 22.3. The number of hydrogen-bond donors (Lipinski definition) is 2. The molecule has 46 heavy (non-hydrogen) atoms. The van der Waals surface area contributed by atoms with Crippen LogP contribution >= 0.6 is 22.9 Å². The van der Waals surface area contributed by atoms with E-state index in [0.29, 0.717) is 55.1 Å². The summed E-state index contributed by atoms with van der Waals surface area (Å²) in [7, 11) is -2.47. The fourth-order valence-electron chi connectivity index (χ4n) is 4.53. The summed E-state index contributed by atoms with van der Waals surface area (Å²) < 4.78 is 58.1. The highest BCUT2D eigenvalue weighted by molar-refractivity contribution is 7.72. The molecule has 6 rings (SSSR count).